The highest BCUT2D eigenvalue weighted by atomic mass is 35.5. The summed E-state index contributed by atoms with van der Waals surface area (Å²) < 4.78 is 10.7. The SMILES string of the molecule is CCOc1ccc(C=CC(=O)NCc2ccc(Cl)nc2)cc1OC. The van der Waals surface area contributed by atoms with Crippen LogP contribution in [0.25, 0.3) is 6.08 Å². The Morgan fingerprint density at radius 3 is 2.79 bits per heavy atom. The number of benzene rings is 1. The van der Waals surface area contributed by atoms with Crippen LogP contribution in [0, 0.1) is 0 Å². The Bertz CT molecular complexity index is 715. The topological polar surface area (TPSA) is 60.5 Å². The van der Waals surface area contributed by atoms with Gasteiger partial charge in [0, 0.05) is 18.8 Å². The highest BCUT2D eigenvalue weighted by Crippen LogP contribution is 2.28. The van der Waals surface area contributed by atoms with Crippen molar-refractivity contribution in [2.45, 2.75) is 13.5 Å². The van der Waals surface area contributed by atoms with E-state index in [1.165, 1.54) is 6.08 Å². The van der Waals surface area contributed by atoms with Crippen LogP contribution in [0.5, 0.6) is 11.5 Å². The molecular formula is C18H19ClN2O3. The summed E-state index contributed by atoms with van der Waals surface area (Å²) in [6.45, 7) is 2.86. The van der Waals surface area contributed by atoms with Crippen LogP contribution in [-0.4, -0.2) is 24.6 Å². The third-order valence-corrected chi connectivity index (χ3v) is 3.39. The molecule has 0 aliphatic heterocycles. The summed E-state index contributed by atoms with van der Waals surface area (Å²) in [6.07, 6.45) is 4.82. The normalized spacial score (nSPS) is 10.6. The summed E-state index contributed by atoms with van der Waals surface area (Å²) in [5.41, 5.74) is 1.72. The molecule has 1 N–H and O–H groups in total. The Kier molecular flexibility index (Phi) is 6.63. The van der Waals surface area contributed by atoms with E-state index in [0.29, 0.717) is 29.8 Å². The monoisotopic (exact) mass is 346 g/mol. The van der Waals surface area contributed by atoms with E-state index in [-0.39, 0.29) is 5.91 Å². The average Bonchev–Trinajstić information content (AvgIpc) is 2.60. The minimum Gasteiger partial charge on any atom is -0.493 e. The number of aromatic nitrogens is 1. The van der Waals surface area contributed by atoms with Crippen LogP contribution in [0.2, 0.25) is 5.15 Å². The van der Waals surface area contributed by atoms with E-state index in [9.17, 15) is 4.79 Å². The van der Waals surface area contributed by atoms with Gasteiger partial charge in [0.25, 0.3) is 0 Å². The maximum Gasteiger partial charge on any atom is 0.244 e. The van der Waals surface area contributed by atoms with Crippen molar-refractivity contribution >= 4 is 23.6 Å². The number of pyridine rings is 1. The second-order valence-corrected chi connectivity index (χ2v) is 5.27. The largest absolute Gasteiger partial charge is 0.493 e. The summed E-state index contributed by atoms with van der Waals surface area (Å²) in [4.78, 5) is 15.8. The summed E-state index contributed by atoms with van der Waals surface area (Å²) in [5.74, 6) is 1.11. The molecule has 6 heteroatoms. The first-order valence-corrected chi connectivity index (χ1v) is 7.87. The van der Waals surface area contributed by atoms with E-state index < -0.39 is 0 Å². The van der Waals surface area contributed by atoms with Gasteiger partial charge in [-0.15, -0.1) is 0 Å². The van der Waals surface area contributed by atoms with Gasteiger partial charge in [0.05, 0.1) is 13.7 Å². The molecule has 0 fully saturated rings. The van der Waals surface area contributed by atoms with Gasteiger partial charge >= 0.3 is 0 Å². The number of nitrogens with zero attached hydrogens (tertiary/aromatic N) is 1. The Balaban J connectivity index is 1.94. The number of carbonyl (C=O) groups excluding carboxylic acids is 1. The number of hydrogen-bond acceptors (Lipinski definition) is 4. The first kappa shape index (κ1) is 17.8. The number of carbonyl (C=O) groups is 1. The van der Waals surface area contributed by atoms with Gasteiger partial charge in [-0.05, 0) is 42.3 Å². The van der Waals surface area contributed by atoms with Crippen molar-refractivity contribution in [3.8, 4) is 11.5 Å². The molecule has 1 heterocycles. The molecule has 24 heavy (non-hydrogen) atoms. The van der Waals surface area contributed by atoms with Crippen LogP contribution in [0.1, 0.15) is 18.1 Å². The second kappa shape index (κ2) is 8.93. The predicted octanol–water partition coefficient (Wildman–Crippen LogP) is 3.47. The molecule has 2 aromatic rings. The summed E-state index contributed by atoms with van der Waals surface area (Å²) in [6, 6.07) is 9.00. The molecule has 0 saturated heterocycles. The Morgan fingerprint density at radius 1 is 1.29 bits per heavy atom. The third-order valence-electron chi connectivity index (χ3n) is 3.17. The number of rotatable bonds is 7. The third kappa shape index (κ3) is 5.28. The molecule has 0 bridgehead atoms. The fraction of sp³-hybridized carbons (Fsp3) is 0.222. The molecule has 0 aliphatic carbocycles. The standard InChI is InChI=1S/C18H19ClN2O3/c1-3-24-15-7-4-13(10-16(15)23-2)6-9-18(22)21-12-14-5-8-17(19)20-11-14/h4-11H,3,12H2,1-2H3,(H,21,22). The molecule has 5 nitrogen and oxygen atoms in total. The Hall–Kier alpha value is -2.53. The number of methoxy groups -OCH3 is 1. The number of halogens is 1. The Labute approximate surface area is 146 Å². The lowest BCUT2D eigenvalue weighted by Gasteiger charge is -2.09. The van der Waals surface area contributed by atoms with Gasteiger partial charge < -0.3 is 14.8 Å². The molecule has 0 atom stereocenters. The maximum atomic E-state index is 11.9. The van der Waals surface area contributed by atoms with Crippen molar-refractivity contribution in [1.82, 2.24) is 10.3 Å². The predicted molar refractivity (Wildman–Crippen MR) is 94.3 cm³/mol. The van der Waals surface area contributed by atoms with Gasteiger partial charge in [0.2, 0.25) is 5.91 Å². The Morgan fingerprint density at radius 2 is 2.12 bits per heavy atom. The smallest absolute Gasteiger partial charge is 0.244 e. The van der Waals surface area contributed by atoms with E-state index in [1.807, 2.05) is 31.2 Å². The van der Waals surface area contributed by atoms with Crippen molar-refractivity contribution in [2.24, 2.45) is 0 Å². The first-order valence-electron chi connectivity index (χ1n) is 7.49. The minimum atomic E-state index is -0.196. The molecule has 1 aromatic carbocycles. The zero-order chi connectivity index (χ0) is 17.4. The highest BCUT2D eigenvalue weighted by Gasteiger charge is 2.04. The van der Waals surface area contributed by atoms with Crippen LogP contribution in [0.3, 0.4) is 0 Å². The fourth-order valence-electron chi connectivity index (χ4n) is 1.99. The van der Waals surface area contributed by atoms with Gasteiger partial charge in [-0.1, -0.05) is 23.7 Å². The number of ether oxygens (including phenoxy) is 2. The van der Waals surface area contributed by atoms with Gasteiger partial charge in [0.15, 0.2) is 11.5 Å². The molecule has 0 unspecified atom stereocenters. The van der Waals surface area contributed by atoms with Crippen LogP contribution >= 0.6 is 11.6 Å². The number of amides is 1. The van der Waals surface area contributed by atoms with Gasteiger partial charge in [-0.25, -0.2) is 4.98 Å². The lowest BCUT2D eigenvalue weighted by atomic mass is 10.2. The summed E-state index contributed by atoms with van der Waals surface area (Å²) in [7, 11) is 1.58. The molecular weight excluding hydrogens is 328 g/mol. The van der Waals surface area contributed by atoms with Crippen molar-refractivity contribution < 1.29 is 14.3 Å². The van der Waals surface area contributed by atoms with Crippen molar-refractivity contribution in [1.29, 1.82) is 0 Å². The van der Waals surface area contributed by atoms with Crippen molar-refractivity contribution in [3.63, 3.8) is 0 Å². The zero-order valence-corrected chi connectivity index (χ0v) is 14.3. The number of nitrogens with one attached hydrogen (secondary N) is 1. The van der Waals surface area contributed by atoms with E-state index in [0.717, 1.165) is 11.1 Å². The summed E-state index contributed by atoms with van der Waals surface area (Å²) in [5, 5.41) is 3.21. The quantitative estimate of drug-likeness (QED) is 0.616. The van der Waals surface area contributed by atoms with E-state index in [4.69, 9.17) is 21.1 Å². The van der Waals surface area contributed by atoms with Crippen LogP contribution in [0.15, 0.2) is 42.6 Å². The number of hydrogen-bond donors (Lipinski definition) is 1. The first-order chi connectivity index (χ1) is 11.6. The fourth-order valence-corrected chi connectivity index (χ4v) is 2.11. The lowest BCUT2D eigenvalue weighted by Crippen LogP contribution is -2.20. The van der Waals surface area contributed by atoms with E-state index >= 15 is 0 Å². The maximum absolute atomic E-state index is 11.9. The zero-order valence-electron chi connectivity index (χ0n) is 13.6. The molecule has 0 radical (unpaired) electrons. The summed E-state index contributed by atoms with van der Waals surface area (Å²) >= 11 is 5.72. The molecule has 1 amide bonds. The molecule has 126 valence electrons. The molecule has 2 rings (SSSR count). The van der Waals surface area contributed by atoms with E-state index in [1.54, 1.807) is 25.4 Å². The van der Waals surface area contributed by atoms with Crippen molar-refractivity contribution in [2.75, 3.05) is 13.7 Å². The van der Waals surface area contributed by atoms with Crippen LogP contribution < -0.4 is 14.8 Å². The van der Waals surface area contributed by atoms with Crippen LogP contribution in [0.4, 0.5) is 0 Å². The average molecular weight is 347 g/mol. The van der Waals surface area contributed by atoms with Gasteiger partial charge in [0.1, 0.15) is 5.15 Å². The van der Waals surface area contributed by atoms with E-state index in [2.05, 4.69) is 10.3 Å². The lowest BCUT2D eigenvalue weighted by molar-refractivity contribution is -0.116. The highest BCUT2D eigenvalue weighted by molar-refractivity contribution is 6.29. The minimum absolute atomic E-state index is 0.196. The molecule has 0 spiro atoms. The molecule has 0 saturated carbocycles. The van der Waals surface area contributed by atoms with Gasteiger partial charge in [-0.2, -0.15) is 0 Å². The van der Waals surface area contributed by atoms with Crippen molar-refractivity contribution in [3.05, 3.63) is 58.9 Å². The molecule has 1 aromatic heterocycles. The molecule has 0 aliphatic rings. The second-order valence-electron chi connectivity index (χ2n) is 4.88. The van der Waals surface area contributed by atoms with Crippen LogP contribution in [-0.2, 0) is 11.3 Å². The van der Waals surface area contributed by atoms with Gasteiger partial charge in [-0.3, -0.25) is 4.79 Å².